The number of hydrogen-bond acceptors (Lipinski definition) is 3. The first-order valence-corrected chi connectivity index (χ1v) is 6.30. The van der Waals surface area contributed by atoms with Crippen LogP contribution in [0, 0.1) is 0 Å². The maximum atomic E-state index is 10.8. The number of nitrogens with zero attached hydrogens (tertiary/aromatic N) is 2. The average molecular weight is 236 g/mol. The molecule has 0 aliphatic heterocycles. The summed E-state index contributed by atoms with van der Waals surface area (Å²) in [4.78, 5) is 0. The lowest BCUT2D eigenvalue weighted by Gasteiger charge is -2.04. The van der Waals surface area contributed by atoms with Crippen LogP contribution in [-0.2, 0) is 17.6 Å². The largest absolute Gasteiger partial charge is 0.401 e. The Hall–Kier alpha value is -1.62. The number of rotatable bonds is 4. The minimum absolute atomic E-state index is 0.616. The number of benzene rings is 1. The second kappa shape index (κ2) is 4.94. The van der Waals surface area contributed by atoms with E-state index in [0.29, 0.717) is 5.75 Å². The van der Waals surface area contributed by atoms with Crippen LogP contribution in [0.25, 0.3) is 0 Å². The summed E-state index contributed by atoms with van der Waals surface area (Å²) < 4.78 is 17.7. The van der Waals surface area contributed by atoms with Gasteiger partial charge in [-0.05, 0) is 23.8 Å². The molecule has 16 heavy (non-hydrogen) atoms. The molecule has 0 N–H and O–H groups in total. The van der Waals surface area contributed by atoms with Crippen molar-refractivity contribution in [3.05, 3.63) is 48.3 Å². The zero-order valence-electron chi connectivity index (χ0n) is 8.87. The molecular formula is C11H12N2O2S. The first-order valence-electron chi connectivity index (χ1n) is 4.82. The van der Waals surface area contributed by atoms with Gasteiger partial charge in [0.1, 0.15) is 5.75 Å². The molecule has 1 unspecified atom stereocenters. The minimum Gasteiger partial charge on any atom is -0.401 e. The van der Waals surface area contributed by atoms with Crippen molar-refractivity contribution in [2.75, 3.05) is 6.26 Å². The van der Waals surface area contributed by atoms with Gasteiger partial charge in [0.2, 0.25) is 11.1 Å². The molecule has 2 rings (SSSR count). The molecule has 0 aliphatic rings. The van der Waals surface area contributed by atoms with Crippen molar-refractivity contribution in [1.29, 1.82) is 0 Å². The molecule has 1 aromatic carbocycles. The summed E-state index contributed by atoms with van der Waals surface area (Å²) >= 11 is -1.27. The van der Waals surface area contributed by atoms with Gasteiger partial charge >= 0.3 is 0 Å². The Bertz CT molecular complexity index is 465. The average Bonchev–Trinajstić information content (AvgIpc) is 2.73. The van der Waals surface area contributed by atoms with Gasteiger partial charge in [-0.1, -0.05) is 12.1 Å². The number of aromatic nitrogens is 2. The quantitative estimate of drug-likeness (QED) is 0.810. The van der Waals surface area contributed by atoms with Crippen molar-refractivity contribution >= 4 is 11.1 Å². The summed E-state index contributed by atoms with van der Waals surface area (Å²) in [5.41, 5.74) is 1.12. The third-order valence-corrected chi connectivity index (χ3v) is 2.47. The van der Waals surface area contributed by atoms with Crippen molar-refractivity contribution < 1.29 is 8.39 Å². The van der Waals surface area contributed by atoms with Gasteiger partial charge in [-0.25, -0.2) is 4.21 Å². The van der Waals surface area contributed by atoms with Crippen LogP contribution in [0.2, 0.25) is 0 Å². The summed E-state index contributed by atoms with van der Waals surface area (Å²) in [7, 11) is 0. The first kappa shape index (κ1) is 10.9. The number of hydrogen-bond donors (Lipinski definition) is 0. The van der Waals surface area contributed by atoms with Crippen LogP contribution in [0.15, 0.2) is 42.7 Å². The van der Waals surface area contributed by atoms with Gasteiger partial charge < -0.3 is 4.18 Å². The van der Waals surface area contributed by atoms with Crippen LogP contribution in [0.3, 0.4) is 0 Å². The molecule has 84 valence electrons. The molecule has 1 aromatic heterocycles. The second-order valence-electron chi connectivity index (χ2n) is 3.33. The standard InChI is InChI=1S/C11H12N2O2S/c1-16(14)15-11-5-3-10(4-6-11)9-13-8-2-7-12-13/h2-8H,9H2,1H3. The molecule has 0 bridgehead atoms. The monoisotopic (exact) mass is 236 g/mol. The van der Waals surface area contributed by atoms with Gasteiger partial charge in [0, 0.05) is 18.6 Å². The van der Waals surface area contributed by atoms with Gasteiger partial charge in [-0.3, -0.25) is 4.68 Å². The fraction of sp³-hybridized carbons (Fsp3) is 0.182. The molecule has 2 aromatic rings. The van der Waals surface area contributed by atoms with E-state index in [9.17, 15) is 4.21 Å². The maximum Gasteiger partial charge on any atom is 0.203 e. The predicted octanol–water partition coefficient (Wildman–Crippen LogP) is 1.60. The van der Waals surface area contributed by atoms with Gasteiger partial charge in [0.25, 0.3) is 0 Å². The molecule has 0 fully saturated rings. The minimum atomic E-state index is -1.27. The normalized spacial score (nSPS) is 12.3. The zero-order valence-corrected chi connectivity index (χ0v) is 9.68. The van der Waals surface area contributed by atoms with E-state index in [4.69, 9.17) is 4.18 Å². The van der Waals surface area contributed by atoms with E-state index >= 15 is 0 Å². The summed E-state index contributed by atoms with van der Waals surface area (Å²) in [5.74, 6) is 0.616. The third-order valence-electron chi connectivity index (χ3n) is 2.04. The highest BCUT2D eigenvalue weighted by molar-refractivity contribution is 7.79. The van der Waals surface area contributed by atoms with Crippen LogP contribution < -0.4 is 4.18 Å². The van der Waals surface area contributed by atoms with Crippen molar-refractivity contribution in [3.8, 4) is 5.75 Å². The van der Waals surface area contributed by atoms with Crippen molar-refractivity contribution in [1.82, 2.24) is 9.78 Å². The molecule has 0 saturated carbocycles. The predicted molar refractivity (Wildman–Crippen MR) is 62.5 cm³/mol. The maximum absolute atomic E-state index is 10.8. The lowest BCUT2D eigenvalue weighted by Crippen LogP contribution is -2.00. The first-order chi connectivity index (χ1) is 7.74. The fourth-order valence-electron chi connectivity index (χ4n) is 1.37. The molecule has 1 atom stereocenters. The van der Waals surface area contributed by atoms with Crippen molar-refractivity contribution in [3.63, 3.8) is 0 Å². The molecule has 5 heteroatoms. The van der Waals surface area contributed by atoms with Gasteiger partial charge in [0.15, 0.2) is 0 Å². The lowest BCUT2D eigenvalue weighted by atomic mass is 10.2. The highest BCUT2D eigenvalue weighted by Gasteiger charge is 1.98. The molecular weight excluding hydrogens is 224 g/mol. The van der Waals surface area contributed by atoms with Gasteiger partial charge in [-0.15, -0.1) is 0 Å². The van der Waals surface area contributed by atoms with Crippen LogP contribution >= 0.6 is 0 Å². The lowest BCUT2D eigenvalue weighted by molar-refractivity contribution is 0.567. The Labute approximate surface area is 96.5 Å². The Morgan fingerprint density at radius 1 is 1.38 bits per heavy atom. The topological polar surface area (TPSA) is 44.1 Å². The summed E-state index contributed by atoms with van der Waals surface area (Å²) in [6, 6.07) is 9.37. The van der Waals surface area contributed by atoms with E-state index in [1.807, 2.05) is 29.1 Å². The van der Waals surface area contributed by atoms with E-state index in [-0.39, 0.29) is 0 Å². The summed E-state index contributed by atoms with van der Waals surface area (Å²) in [6.07, 6.45) is 5.15. The van der Waals surface area contributed by atoms with Gasteiger partial charge in [0.05, 0.1) is 6.54 Å². The Morgan fingerprint density at radius 2 is 2.12 bits per heavy atom. The van der Waals surface area contributed by atoms with E-state index in [0.717, 1.165) is 12.1 Å². The molecule has 4 nitrogen and oxygen atoms in total. The SMILES string of the molecule is CS(=O)Oc1ccc(Cn2cccn2)cc1. The van der Waals surface area contributed by atoms with E-state index < -0.39 is 11.1 Å². The van der Waals surface area contributed by atoms with Crippen LogP contribution in [0.5, 0.6) is 5.75 Å². The van der Waals surface area contributed by atoms with E-state index in [1.165, 1.54) is 6.26 Å². The smallest absolute Gasteiger partial charge is 0.203 e. The van der Waals surface area contributed by atoms with Crippen LogP contribution in [-0.4, -0.2) is 20.2 Å². The summed E-state index contributed by atoms with van der Waals surface area (Å²) in [5, 5.41) is 4.12. The highest BCUT2D eigenvalue weighted by Crippen LogP contribution is 2.13. The Morgan fingerprint density at radius 3 is 2.69 bits per heavy atom. The highest BCUT2D eigenvalue weighted by atomic mass is 32.2. The molecule has 0 aliphatic carbocycles. The van der Waals surface area contributed by atoms with Crippen LogP contribution in [0.1, 0.15) is 5.56 Å². The second-order valence-corrected chi connectivity index (χ2v) is 4.30. The molecule has 0 radical (unpaired) electrons. The molecule has 0 spiro atoms. The van der Waals surface area contributed by atoms with Crippen molar-refractivity contribution in [2.45, 2.75) is 6.54 Å². The fourth-order valence-corrected chi connectivity index (χ4v) is 1.75. The molecule has 1 heterocycles. The Kier molecular flexibility index (Phi) is 3.36. The third kappa shape index (κ3) is 2.93. The zero-order chi connectivity index (χ0) is 11.4. The van der Waals surface area contributed by atoms with E-state index in [1.54, 1.807) is 18.3 Å². The van der Waals surface area contributed by atoms with Crippen LogP contribution in [0.4, 0.5) is 0 Å². The van der Waals surface area contributed by atoms with E-state index in [2.05, 4.69) is 5.10 Å². The summed E-state index contributed by atoms with van der Waals surface area (Å²) in [6.45, 7) is 0.725. The Balaban J connectivity index is 2.05. The van der Waals surface area contributed by atoms with Crippen molar-refractivity contribution in [2.24, 2.45) is 0 Å². The molecule has 0 saturated heterocycles. The molecule has 0 amide bonds. The van der Waals surface area contributed by atoms with Gasteiger partial charge in [-0.2, -0.15) is 5.10 Å².